The van der Waals surface area contributed by atoms with E-state index in [-0.39, 0.29) is 0 Å². The summed E-state index contributed by atoms with van der Waals surface area (Å²) in [4.78, 5) is 11.5. The van der Waals surface area contributed by atoms with E-state index in [1.165, 1.54) is 17.9 Å². The summed E-state index contributed by atoms with van der Waals surface area (Å²) < 4.78 is 2.07. The second kappa shape index (κ2) is 6.59. The third-order valence-electron chi connectivity index (χ3n) is 3.71. The Kier molecular flexibility index (Phi) is 5.05. The maximum Gasteiger partial charge on any atom is 0.234 e. The molecule has 5 heteroatoms. The van der Waals surface area contributed by atoms with Crippen molar-refractivity contribution in [3.8, 4) is 0 Å². The molecule has 1 unspecified atom stereocenters. The van der Waals surface area contributed by atoms with E-state index in [4.69, 9.17) is 0 Å². The topological polar surface area (TPSA) is 33.4 Å². The van der Waals surface area contributed by atoms with Gasteiger partial charge in [0.05, 0.1) is 5.69 Å². The predicted molar refractivity (Wildman–Crippen MR) is 86.4 cm³/mol. The number of imidazole rings is 1. The molecule has 0 aromatic carbocycles. The van der Waals surface area contributed by atoms with Crippen LogP contribution in [0.15, 0.2) is 12.3 Å². The molecule has 2 rings (SSSR count). The van der Waals surface area contributed by atoms with Gasteiger partial charge in [0.1, 0.15) is 0 Å². The lowest BCUT2D eigenvalue weighted by Gasteiger charge is -2.23. The monoisotopic (exact) mass is 292 g/mol. The molecule has 0 aliphatic rings. The molecule has 0 fully saturated rings. The van der Waals surface area contributed by atoms with E-state index < -0.39 is 0 Å². The van der Waals surface area contributed by atoms with Crippen LogP contribution >= 0.6 is 11.8 Å². The summed E-state index contributed by atoms with van der Waals surface area (Å²) in [5.41, 5.74) is 3.29. The largest absolute Gasteiger partial charge is 0.298 e. The Balaban J connectivity index is 2.12. The summed E-state index contributed by atoms with van der Waals surface area (Å²) in [5.74, 6) is 2.01. The summed E-state index contributed by atoms with van der Waals surface area (Å²) >= 11 is 1.90. The van der Waals surface area contributed by atoms with Gasteiger partial charge in [0, 0.05) is 30.2 Å². The van der Waals surface area contributed by atoms with Gasteiger partial charge in [-0.05, 0) is 52.3 Å². The summed E-state index contributed by atoms with van der Waals surface area (Å²) in [6, 6.07) is 2.66. The van der Waals surface area contributed by atoms with Crippen LogP contribution in [0.4, 0.5) is 0 Å². The van der Waals surface area contributed by atoms with Crippen molar-refractivity contribution in [2.45, 2.75) is 39.8 Å². The van der Waals surface area contributed by atoms with Crippen LogP contribution in [0.1, 0.15) is 30.4 Å². The average molecular weight is 292 g/mol. The fourth-order valence-corrected chi connectivity index (χ4v) is 2.89. The fourth-order valence-electron chi connectivity index (χ4n) is 2.31. The smallest absolute Gasteiger partial charge is 0.234 e. The van der Waals surface area contributed by atoms with Crippen LogP contribution in [-0.2, 0) is 6.54 Å². The minimum atomic E-state index is 0.572. The second-order valence-electron chi connectivity index (χ2n) is 5.49. The van der Waals surface area contributed by atoms with Gasteiger partial charge in [0.2, 0.25) is 5.78 Å². The first-order valence-electron chi connectivity index (χ1n) is 7.02. The highest BCUT2D eigenvalue weighted by Gasteiger charge is 2.12. The van der Waals surface area contributed by atoms with Crippen molar-refractivity contribution in [3.63, 3.8) is 0 Å². The molecule has 0 N–H and O–H groups in total. The molecule has 2 heterocycles. The van der Waals surface area contributed by atoms with Crippen LogP contribution in [0.25, 0.3) is 5.78 Å². The maximum absolute atomic E-state index is 4.64. The Hall–Kier alpha value is -1.07. The highest BCUT2D eigenvalue weighted by Crippen LogP contribution is 2.12. The van der Waals surface area contributed by atoms with E-state index in [1.807, 2.05) is 18.7 Å². The van der Waals surface area contributed by atoms with Gasteiger partial charge in [0.25, 0.3) is 0 Å². The van der Waals surface area contributed by atoms with Crippen LogP contribution in [0, 0.1) is 13.8 Å². The molecule has 110 valence electrons. The Morgan fingerprint density at radius 3 is 2.80 bits per heavy atom. The Labute approximate surface area is 125 Å². The van der Waals surface area contributed by atoms with Crippen LogP contribution in [0.3, 0.4) is 0 Å². The van der Waals surface area contributed by atoms with Crippen molar-refractivity contribution in [1.29, 1.82) is 0 Å². The summed E-state index contributed by atoms with van der Waals surface area (Å²) in [5, 5.41) is 0. The molecule has 0 spiro atoms. The van der Waals surface area contributed by atoms with Gasteiger partial charge in [0.15, 0.2) is 0 Å². The summed E-state index contributed by atoms with van der Waals surface area (Å²) in [6.45, 7) is 7.26. The van der Waals surface area contributed by atoms with E-state index in [0.29, 0.717) is 6.04 Å². The van der Waals surface area contributed by atoms with Gasteiger partial charge in [-0.2, -0.15) is 11.8 Å². The number of hydrogen-bond acceptors (Lipinski definition) is 4. The van der Waals surface area contributed by atoms with Gasteiger partial charge < -0.3 is 0 Å². The molecule has 1 atom stereocenters. The van der Waals surface area contributed by atoms with Gasteiger partial charge in [-0.25, -0.2) is 9.97 Å². The summed E-state index contributed by atoms with van der Waals surface area (Å²) in [6.07, 6.45) is 5.47. The molecule has 2 aromatic heterocycles. The lowest BCUT2D eigenvalue weighted by molar-refractivity contribution is 0.242. The molecule has 0 aliphatic heterocycles. The lowest BCUT2D eigenvalue weighted by atomic mass is 10.2. The minimum absolute atomic E-state index is 0.572. The highest BCUT2D eigenvalue weighted by atomic mass is 32.2. The van der Waals surface area contributed by atoms with Gasteiger partial charge >= 0.3 is 0 Å². The SMILES string of the molecule is CSCCC(C)N(C)Cc1cn2c(C)cc(C)nc2n1. The molecule has 2 aromatic rings. The average Bonchev–Trinajstić information content (AvgIpc) is 2.78. The normalized spacial score (nSPS) is 13.3. The van der Waals surface area contributed by atoms with E-state index in [1.54, 1.807) is 0 Å². The molecule has 0 saturated heterocycles. The number of thioether (sulfide) groups is 1. The first-order chi connectivity index (χ1) is 9.51. The molecule has 4 nitrogen and oxygen atoms in total. The zero-order valence-electron chi connectivity index (χ0n) is 13.1. The predicted octanol–water partition coefficient (Wildman–Crippen LogP) is 2.92. The third-order valence-corrected chi connectivity index (χ3v) is 4.36. The number of fused-ring (bicyclic) bond motifs is 1. The Morgan fingerprint density at radius 2 is 2.10 bits per heavy atom. The molecule has 0 radical (unpaired) electrons. The molecular weight excluding hydrogens is 268 g/mol. The quantitative estimate of drug-likeness (QED) is 0.819. The van der Waals surface area contributed by atoms with Crippen molar-refractivity contribution in [3.05, 3.63) is 29.3 Å². The standard InChI is InChI=1S/C15H24N4S/c1-11-8-13(3)19-10-14(17-15(19)16-11)9-18(4)12(2)6-7-20-5/h8,10,12H,6-7,9H2,1-5H3. The number of aryl methyl sites for hydroxylation is 2. The first kappa shape index (κ1) is 15.3. The molecule has 20 heavy (non-hydrogen) atoms. The number of aromatic nitrogens is 3. The molecule has 0 aliphatic carbocycles. The van der Waals surface area contributed by atoms with Crippen LogP contribution < -0.4 is 0 Å². The zero-order chi connectivity index (χ0) is 14.7. The first-order valence-corrected chi connectivity index (χ1v) is 8.42. The van der Waals surface area contributed by atoms with Crippen LogP contribution in [0.5, 0.6) is 0 Å². The van der Waals surface area contributed by atoms with Crippen LogP contribution in [0.2, 0.25) is 0 Å². The van der Waals surface area contributed by atoms with Crippen molar-refractivity contribution < 1.29 is 0 Å². The Bertz CT molecular complexity index is 579. The number of nitrogens with zero attached hydrogens (tertiary/aromatic N) is 4. The van der Waals surface area contributed by atoms with E-state index in [2.05, 4.69) is 58.7 Å². The van der Waals surface area contributed by atoms with Crippen LogP contribution in [-0.4, -0.2) is 44.4 Å². The molecular formula is C15H24N4S. The van der Waals surface area contributed by atoms with Gasteiger partial charge in [-0.1, -0.05) is 0 Å². The number of hydrogen-bond donors (Lipinski definition) is 0. The molecule has 0 saturated carbocycles. The van der Waals surface area contributed by atoms with Gasteiger partial charge in [-0.15, -0.1) is 0 Å². The van der Waals surface area contributed by atoms with Crippen molar-refractivity contribution >= 4 is 17.5 Å². The highest BCUT2D eigenvalue weighted by molar-refractivity contribution is 7.98. The zero-order valence-corrected chi connectivity index (χ0v) is 13.9. The molecule has 0 bridgehead atoms. The van der Waals surface area contributed by atoms with Crippen molar-refractivity contribution in [2.75, 3.05) is 19.1 Å². The third kappa shape index (κ3) is 3.52. The summed E-state index contributed by atoms with van der Waals surface area (Å²) in [7, 11) is 2.17. The molecule has 0 amide bonds. The lowest BCUT2D eigenvalue weighted by Crippen LogP contribution is -2.29. The van der Waals surface area contributed by atoms with Crippen molar-refractivity contribution in [2.24, 2.45) is 0 Å². The second-order valence-corrected chi connectivity index (χ2v) is 6.47. The van der Waals surface area contributed by atoms with E-state index in [0.717, 1.165) is 23.7 Å². The van der Waals surface area contributed by atoms with Crippen molar-refractivity contribution in [1.82, 2.24) is 19.3 Å². The van der Waals surface area contributed by atoms with E-state index in [9.17, 15) is 0 Å². The number of rotatable bonds is 6. The minimum Gasteiger partial charge on any atom is -0.298 e. The fraction of sp³-hybridized carbons (Fsp3) is 0.600. The van der Waals surface area contributed by atoms with E-state index >= 15 is 0 Å². The van der Waals surface area contributed by atoms with Gasteiger partial charge in [-0.3, -0.25) is 9.30 Å². The maximum atomic E-state index is 4.64. The Morgan fingerprint density at radius 1 is 1.35 bits per heavy atom.